The van der Waals surface area contributed by atoms with Crippen LogP contribution in [0.25, 0.3) is 0 Å². The Morgan fingerprint density at radius 1 is 1.67 bits per heavy atom. The topological polar surface area (TPSA) is 77.2 Å². The van der Waals surface area contributed by atoms with Gasteiger partial charge < -0.3 is 15.8 Å². The first-order chi connectivity index (χ1) is 7.20. The summed E-state index contributed by atoms with van der Waals surface area (Å²) in [6, 6.07) is 3.31. The summed E-state index contributed by atoms with van der Waals surface area (Å²) in [6.07, 6.45) is 2.01. The zero-order valence-electron chi connectivity index (χ0n) is 8.43. The van der Waals surface area contributed by atoms with E-state index in [-0.39, 0.29) is 18.0 Å². The molecule has 1 saturated heterocycles. The summed E-state index contributed by atoms with van der Waals surface area (Å²) in [7, 11) is 1.55. The first kappa shape index (κ1) is 9.92. The monoisotopic (exact) mass is 207 g/mol. The fourth-order valence-corrected chi connectivity index (χ4v) is 1.73. The molecule has 0 aromatic carbocycles. The van der Waals surface area contributed by atoms with Crippen molar-refractivity contribution >= 4 is 5.91 Å². The standard InChI is InChI=1S/C10H13N3O2/c1-15-9-4-6(2-3-12-9)10-7(11)5-8(14)13-10/h2-4,7,10H,5,11H2,1H3,(H,13,14)/t7-,10+/m1/s1. The lowest BCUT2D eigenvalue weighted by Gasteiger charge is -2.15. The molecular formula is C10H13N3O2. The van der Waals surface area contributed by atoms with Gasteiger partial charge in [-0.25, -0.2) is 4.98 Å². The molecule has 1 aromatic rings. The fraction of sp³-hybridized carbons (Fsp3) is 0.400. The molecule has 80 valence electrons. The van der Waals surface area contributed by atoms with Gasteiger partial charge in [-0.1, -0.05) is 0 Å². The maximum atomic E-state index is 11.2. The van der Waals surface area contributed by atoms with E-state index >= 15 is 0 Å². The van der Waals surface area contributed by atoms with Gasteiger partial charge in [0.25, 0.3) is 0 Å². The van der Waals surface area contributed by atoms with E-state index in [2.05, 4.69) is 10.3 Å². The molecule has 1 aromatic heterocycles. The summed E-state index contributed by atoms with van der Waals surface area (Å²) in [5.74, 6) is 0.518. The molecule has 5 heteroatoms. The molecule has 0 aliphatic carbocycles. The number of rotatable bonds is 2. The first-order valence-corrected chi connectivity index (χ1v) is 4.75. The minimum Gasteiger partial charge on any atom is -0.481 e. The van der Waals surface area contributed by atoms with Crippen LogP contribution in [0.1, 0.15) is 18.0 Å². The second-order valence-corrected chi connectivity index (χ2v) is 3.54. The van der Waals surface area contributed by atoms with Gasteiger partial charge in [-0.05, 0) is 11.6 Å². The highest BCUT2D eigenvalue weighted by molar-refractivity contribution is 5.80. The Labute approximate surface area is 87.6 Å². The maximum absolute atomic E-state index is 11.2. The smallest absolute Gasteiger partial charge is 0.222 e. The number of amides is 1. The van der Waals surface area contributed by atoms with Crippen LogP contribution in [-0.2, 0) is 4.79 Å². The van der Waals surface area contributed by atoms with E-state index in [4.69, 9.17) is 10.5 Å². The largest absolute Gasteiger partial charge is 0.481 e. The highest BCUT2D eigenvalue weighted by atomic mass is 16.5. The van der Waals surface area contributed by atoms with Crippen molar-refractivity contribution in [2.24, 2.45) is 5.73 Å². The molecule has 2 atom stereocenters. The Balaban J connectivity index is 2.25. The Kier molecular flexibility index (Phi) is 2.55. The lowest BCUT2D eigenvalue weighted by atomic mass is 10.0. The molecular weight excluding hydrogens is 194 g/mol. The van der Waals surface area contributed by atoms with Gasteiger partial charge in [0.1, 0.15) is 0 Å². The van der Waals surface area contributed by atoms with Gasteiger partial charge in [0.15, 0.2) is 0 Å². The van der Waals surface area contributed by atoms with Gasteiger partial charge in [-0.15, -0.1) is 0 Å². The lowest BCUT2D eigenvalue weighted by molar-refractivity contribution is -0.119. The first-order valence-electron chi connectivity index (χ1n) is 4.75. The predicted molar refractivity (Wildman–Crippen MR) is 54.3 cm³/mol. The van der Waals surface area contributed by atoms with Crippen molar-refractivity contribution in [2.75, 3.05) is 7.11 Å². The number of hydrogen-bond donors (Lipinski definition) is 2. The number of nitrogens with two attached hydrogens (primary N) is 1. The molecule has 0 saturated carbocycles. The van der Waals surface area contributed by atoms with Gasteiger partial charge in [0.2, 0.25) is 11.8 Å². The average Bonchev–Trinajstić information content (AvgIpc) is 2.58. The van der Waals surface area contributed by atoms with Crippen LogP contribution >= 0.6 is 0 Å². The summed E-state index contributed by atoms with van der Waals surface area (Å²) in [6.45, 7) is 0. The molecule has 0 spiro atoms. The van der Waals surface area contributed by atoms with Crippen LogP contribution in [0.15, 0.2) is 18.3 Å². The van der Waals surface area contributed by atoms with Crippen molar-refractivity contribution in [3.8, 4) is 5.88 Å². The molecule has 2 heterocycles. The van der Waals surface area contributed by atoms with Gasteiger partial charge in [0.05, 0.1) is 13.2 Å². The summed E-state index contributed by atoms with van der Waals surface area (Å²) in [5, 5.41) is 2.82. The van der Waals surface area contributed by atoms with Crippen LogP contribution in [0.4, 0.5) is 0 Å². The molecule has 5 nitrogen and oxygen atoms in total. The molecule has 3 N–H and O–H groups in total. The second kappa shape index (κ2) is 3.86. The third kappa shape index (κ3) is 1.92. The normalized spacial score (nSPS) is 25.1. The number of methoxy groups -OCH3 is 1. The van der Waals surface area contributed by atoms with Crippen LogP contribution in [0, 0.1) is 0 Å². The Hall–Kier alpha value is -1.62. The molecule has 1 aliphatic rings. The number of carbonyl (C=O) groups is 1. The van der Waals surface area contributed by atoms with Crippen molar-refractivity contribution < 1.29 is 9.53 Å². The second-order valence-electron chi connectivity index (χ2n) is 3.54. The van der Waals surface area contributed by atoms with E-state index in [1.807, 2.05) is 6.07 Å². The minimum atomic E-state index is -0.176. The molecule has 0 unspecified atom stereocenters. The Morgan fingerprint density at radius 3 is 3.07 bits per heavy atom. The third-order valence-electron chi connectivity index (χ3n) is 2.49. The number of pyridine rings is 1. The third-order valence-corrected chi connectivity index (χ3v) is 2.49. The van der Waals surface area contributed by atoms with E-state index in [0.29, 0.717) is 12.3 Å². The number of ether oxygens (including phenoxy) is 1. The number of nitrogens with one attached hydrogen (secondary N) is 1. The zero-order valence-corrected chi connectivity index (χ0v) is 8.43. The van der Waals surface area contributed by atoms with Gasteiger partial charge in [-0.3, -0.25) is 4.79 Å². The van der Waals surface area contributed by atoms with Crippen LogP contribution in [0.3, 0.4) is 0 Å². The van der Waals surface area contributed by atoms with Crippen LogP contribution in [0.5, 0.6) is 5.88 Å². The summed E-state index contributed by atoms with van der Waals surface area (Å²) >= 11 is 0. The average molecular weight is 207 g/mol. The zero-order chi connectivity index (χ0) is 10.8. The fourth-order valence-electron chi connectivity index (χ4n) is 1.73. The highest BCUT2D eigenvalue weighted by Crippen LogP contribution is 2.24. The van der Waals surface area contributed by atoms with Crippen LogP contribution < -0.4 is 15.8 Å². The lowest BCUT2D eigenvalue weighted by Crippen LogP contribution is -2.28. The molecule has 2 rings (SSSR count). The van der Waals surface area contributed by atoms with Gasteiger partial charge >= 0.3 is 0 Å². The summed E-state index contributed by atoms with van der Waals surface area (Å²) in [4.78, 5) is 15.2. The van der Waals surface area contributed by atoms with Crippen molar-refractivity contribution in [1.29, 1.82) is 0 Å². The SMILES string of the molecule is COc1cc([C@@H]2NC(=O)C[C@H]2N)ccn1. The molecule has 0 radical (unpaired) electrons. The van der Waals surface area contributed by atoms with E-state index in [1.165, 1.54) is 0 Å². The molecule has 1 fully saturated rings. The van der Waals surface area contributed by atoms with Crippen molar-refractivity contribution in [1.82, 2.24) is 10.3 Å². The van der Waals surface area contributed by atoms with E-state index in [1.54, 1.807) is 19.4 Å². The van der Waals surface area contributed by atoms with E-state index in [9.17, 15) is 4.79 Å². The van der Waals surface area contributed by atoms with Crippen molar-refractivity contribution in [3.63, 3.8) is 0 Å². The van der Waals surface area contributed by atoms with Gasteiger partial charge in [-0.2, -0.15) is 0 Å². The Bertz CT molecular complexity index is 381. The number of hydrogen-bond acceptors (Lipinski definition) is 4. The maximum Gasteiger partial charge on any atom is 0.222 e. The molecule has 15 heavy (non-hydrogen) atoms. The molecule has 0 bridgehead atoms. The summed E-state index contributed by atoms with van der Waals surface area (Å²) in [5.41, 5.74) is 6.78. The molecule has 1 amide bonds. The Morgan fingerprint density at radius 2 is 2.47 bits per heavy atom. The molecule has 1 aliphatic heterocycles. The predicted octanol–water partition coefficient (Wildman–Crippen LogP) is -0.0215. The van der Waals surface area contributed by atoms with Crippen molar-refractivity contribution in [2.45, 2.75) is 18.5 Å². The van der Waals surface area contributed by atoms with E-state index in [0.717, 1.165) is 5.56 Å². The quantitative estimate of drug-likeness (QED) is 0.714. The van der Waals surface area contributed by atoms with Gasteiger partial charge in [0, 0.05) is 24.7 Å². The minimum absolute atomic E-state index is 0.0109. The van der Waals surface area contributed by atoms with Crippen LogP contribution in [0.2, 0.25) is 0 Å². The number of nitrogens with zero attached hydrogens (tertiary/aromatic N) is 1. The highest BCUT2D eigenvalue weighted by Gasteiger charge is 2.30. The number of carbonyl (C=O) groups excluding carboxylic acids is 1. The summed E-state index contributed by atoms with van der Waals surface area (Å²) < 4.78 is 5.01. The van der Waals surface area contributed by atoms with Crippen LogP contribution in [-0.4, -0.2) is 24.0 Å². The van der Waals surface area contributed by atoms with E-state index < -0.39 is 0 Å². The van der Waals surface area contributed by atoms with Crippen molar-refractivity contribution in [3.05, 3.63) is 23.9 Å². The number of aromatic nitrogens is 1.